The van der Waals surface area contributed by atoms with Crippen LogP contribution in [0.5, 0.6) is 0 Å². The van der Waals surface area contributed by atoms with Gasteiger partial charge in [-0.2, -0.15) is 0 Å². The fraction of sp³-hybridized carbons (Fsp3) is 0.143. The van der Waals surface area contributed by atoms with Gasteiger partial charge in [-0.3, -0.25) is 4.79 Å². The van der Waals surface area contributed by atoms with E-state index in [1.807, 2.05) is 17.5 Å². The molecule has 1 unspecified atom stereocenters. The maximum absolute atomic E-state index is 12.0. The van der Waals surface area contributed by atoms with Gasteiger partial charge < -0.3 is 11.1 Å². The van der Waals surface area contributed by atoms with Gasteiger partial charge in [-0.05, 0) is 30.5 Å². The van der Waals surface area contributed by atoms with Gasteiger partial charge in [0.15, 0.2) is 0 Å². The molecule has 0 saturated heterocycles. The third kappa shape index (κ3) is 5.29. The molecular weight excluding hydrogens is 342 g/mol. The van der Waals surface area contributed by atoms with Gasteiger partial charge in [-0.15, -0.1) is 11.3 Å². The molecule has 1 amide bonds. The summed E-state index contributed by atoms with van der Waals surface area (Å²) in [7, 11) is 0. The zero-order valence-electron chi connectivity index (χ0n) is 14.3. The molecule has 0 saturated carbocycles. The van der Waals surface area contributed by atoms with E-state index in [0.717, 1.165) is 23.5 Å². The molecule has 0 fully saturated rings. The summed E-state index contributed by atoms with van der Waals surface area (Å²) in [5.41, 5.74) is 7.75. The first-order valence-electron chi connectivity index (χ1n) is 8.48. The first-order chi connectivity index (χ1) is 12.7. The number of allylic oxidation sites excluding steroid dienone is 6. The summed E-state index contributed by atoms with van der Waals surface area (Å²) < 4.78 is 0. The summed E-state index contributed by atoms with van der Waals surface area (Å²) in [5, 5.41) is 5.74. The number of hydrogen-bond acceptors (Lipinski definition) is 4. The third-order valence-electron chi connectivity index (χ3n) is 3.88. The summed E-state index contributed by atoms with van der Waals surface area (Å²) in [6, 6.07) is 7.17. The number of nitrogens with two attached hydrogens (primary N) is 1. The van der Waals surface area contributed by atoms with Gasteiger partial charge in [0.1, 0.15) is 0 Å². The minimum absolute atomic E-state index is 0.227. The van der Waals surface area contributed by atoms with E-state index in [1.54, 1.807) is 29.5 Å². The quantitative estimate of drug-likeness (QED) is 0.447. The predicted octanol–water partition coefficient (Wildman–Crippen LogP) is 4.61. The Morgan fingerprint density at radius 2 is 2.23 bits per heavy atom. The van der Waals surface area contributed by atoms with Gasteiger partial charge in [0.05, 0.1) is 22.1 Å². The fourth-order valence-electron chi connectivity index (χ4n) is 2.53. The molecular formula is C21H21N3OS. The number of amides is 1. The van der Waals surface area contributed by atoms with Crippen LogP contribution in [0.3, 0.4) is 0 Å². The molecule has 1 heterocycles. The number of benzene rings is 1. The molecule has 2 aromatic rings. The molecule has 0 aliphatic heterocycles. The number of nitrogens with zero attached hydrogens (tertiary/aromatic N) is 1. The van der Waals surface area contributed by atoms with Crippen molar-refractivity contribution in [2.24, 2.45) is 5.92 Å². The first kappa shape index (κ1) is 17.9. The van der Waals surface area contributed by atoms with Crippen molar-refractivity contribution in [3.05, 3.63) is 82.9 Å². The minimum Gasteiger partial charge on any atom is -0.397 e. The molecule has 1 aliphatic rings. The SMILES string of the molecule is Nc1ccccc1NC(=O)/C=C/c1csc(C/C=C/C2C=CC=CC2)n1. The summed E-state index contributed by atoms with van der Waals surface area (Å²) in [4.78, 5) is 16.5. The van der Waals surface area contributed by atoms with Crippen LogP contribution in [0.4, 0.5) is 11.4 Å². The Kier molecular flexibility index (Phi) is 6.17. The number of aromatic nitrogens is 1. The molecule has 1 aliphatic carbocycles. The van der Waals surface area contributed by atoms with Gasteiger partial charge in [-0.25, -0.2) is 4.98 Å². The second-order valence-corrected chi connectivity index (χ2v) is 6.86. The number of carbonyl (C=O) groups is 1. The lowest BCUT2D eigenvalue weighted by atomic mass is 10.0. The highest BCUT2D eigenvalue weighted by Crippen LogP contribution is 2.18. The van der Waals surface area contributed by atoms with Crippen LogP contribution >= 0.6 is 11.3 Å². The van der Waals surface area contributed by atoms with Crippen LogP contribution in [0.1, 0.15) is 17.1 Å². The number of hydrogen-bond donors (Lipinski definition) is 2. The number of nitrogen functional groups attached to an aromatic ring is 1. The lowest BCUT2D eigenvalue weighted by molar-refractivity contribution is -0.111. The predicted molar refractivity (Wildman–Crippen MR) is 110 cm³/mol. The highest BCUT2D eigenvalue weighted by molar-refractivity contribution is 7.09. The van der Waals surface area contributed by atoms with Crippen molar-refractivity contribution < 1.29 is 4.79 Å². The second-order valence-electron chi connectivity index (χ2n) is 5.92. The molecule has 0 radical (unpaired) electrons. The standard InChI is InChI=1S/C21H21N3OS/c22-18-10-4-5-11-19(18)24-20(25)14-13-17-15-26-21(23-17)12-6-9-16-7-2-1-3-8-16/h1-7,9-11,13-16H,8,12,22H2,(H,24,25)/b9-6+,14-13+. The van der Waals surface area contributed by atoms with E-state index in [0.29, 0.717) is 17.3 Å². The van der Waals surface area contributed by atoms with Crippen molar-refractivity contribution in [3.63, 3.8) is 0 Å². The van der Waals surface area contributed by atoms with Crippen molar-refractivity contribution in [1.82, 2.24) is 4.98 Å². The Morgan fingerprint density at radius 1 is 1.35 bits per heavy atom. The highest BCUT2D eigenvalue weighted by atomic mass is 32.1. The van der Waals surface area contributed by atoms with Gasteiger partial charge in [-0.1, -0.05) is 48.6 Å². The van der Waals surface area contributed by atoms with Crippen LogP contribution in [-0.2, 0) is 11.2 Å². The fourth-order valence-corrected chi connectivity index (χ4v) is 3.27. The van der Waals surface area contributed by atoms with Gasteiger partial charge >= 0.3 is 0 Å². The zero-order valence-corrected chi connectivity index (χ0v) is 15.2. The Hall–Kier alpha value is -2.92. The van der Waals surface area contributed by atoms with E-state index < -0.39 is 0 Å². The number of para-hydroxylation sites is 2. The van der Waals surface area contributed by atoms with Crippen LogP contribution in [-0.4, -0.2) is 10.9 Å². The highest BCUT2D eigenvalue weighted by Gasteiger charge is 2.03. The molecule has 1 aromatic heterocycles. The maximum atomic E-state index is 12.0. The smallest absolute Gasteiger partial charge is 0.248 e. The number of rotatable bonds is 6. The largest absolute Gasteiger partial charge is 0.397 e. The molecule has 4 nitrogen and oxygen atoms in total. The summed E-state index contributed by atoms with van der Waals surface area (Å²) in [5.74, 6) is 0.253. The van der Waals surface area contributed by atoms with Crippen LogP contribution in [0.2, 0.25) is 0 Å². The van der Waals surface area contributed by atoms with Crippen molar-refractivity contribution in [1.29, 1.82) is 0 Å². The number of nitrogens with one attached hydrogen (secondary N) is 1. The average molecular weight is 363 g/mol. The van der Waals surface area contributed by atoms with E-state index in [1.165, 1.54) is 6.08 Å². The lowest BCUT2D eigenvalue weighted by Gasteiger charge is -2.06. The Morgan fingerprint density at radius 3 is 3.04 bits per heavy atom. The number of thiazole rings is 1. The van der Waals surface area contributed by atoms with Crippen molar-refractivity contribution in [3.8, 4) is 0 Å². The molecule has 1 atom stereocenters. The summed E-state index contributed by atoms with van der Waals surface area (Å²) >= 11 is 1.60. The van der Waals surface area contributed by atoms with Crippen molar-refractivity contribution in [2.45, 2.75) is 12.8 Å². The van der Waals surface area contributed by atoms with E-state index in [-0.39, 0.29) is 5.91 Å². The third-order valence-corrected chi connectivity index (χ3v) is 4.77. The Balaban J connectivity index is 1.51. The number of anilines is 2. The van der Waals surface area contributed by atoms with Crippen LogP contribution < -0.4 is 11.1 Å². The zero-order chi connectivity index (χ0) is 18.2. The number of carbonyl (C=O) groups excluding carboxylic acids is 1. The van der Waals surface area contributed by atoms with Gasteiger partial charge in [0.2, 0.25) is 5.91 Å². The summed E-state index contributed by atoms with van der Waals surface area (Å²) in [6.45, 7) is 0. The van der Waals surface area contributed by atoms with E-state index >= 15 is 0 Å². The van der Waals surface area contributed by atoms with Crippen molar-refractivity contribution in [2.75, 3.05) is 11.1 Å². The van der Waals surface area contributed by atoms with Crippen molar-refractivity contribution >= 4 is 34.7 Å². The Bertz CT molecular complexity index is 877. The van der Waals surface area contributed by atoms with Gasteiger partial charge in [0, 0.05) is 17.9 Å². The molecule has 3 N–H and O–H groups in total. The molecule has 0 spiro atoms. The topological polar surface area (TPSA) is 68.0 Å². The normalized spacial score (nSPS) is 16.5. The molecule has 1 aromatic carbocycles. The Labute approximate surface area is 157 Å². The van der Waals surface area contributed by atoms with E-state index in [4.69, 9.17) is 5.73 Å². The van der Waals surface area contributed by atoms with Crippen LogP contribution in [0.15, 0.2) is 72.2 Å². The van der Waals surface area contributed by atoms with Crippen LogP contribution in [0, 0.1) is 5.92 Å². The monoisotopic (exact) mass is 363 g/mol. The van der Waals surface area contributed by atoms with E-state index in [9.17, 15) is 4.79 Å². The maximum Gasteiger partial charge on any atom is 0.248 e. The molecule has 3 rings (SSSR count). The van der Waals surface area contributed by atoms with E-state index in [2.05, 4.69) is 46.8 Å². The molecule has 132 valence electrons. The molecule has 26 heavy (non-hydrogen) atoms. The van der Waals surface area contributed by atoms with Crippen LogP contribution in [0.25, 0.3) is 6.08 Å². The minimum atomic E-state index is -0.227. The average Bonchev–Trinajstić information content (AvgIpc) is 3.11. The van der Waals surface area contributed by atoms with Gasteiger partial charge in [0.25, 0.3) is 0 Å². The summed E-state index contributed by atoms with van der Waals surface area (Å²) in [6.07, 6.45) is 18.0. The molecule has 0 bridgehead atoms. The second kappa shape index (κ2) is 8.97. The lowest BCUT2D eigenvalue weighted by Crippen LogP contribution is -2.09. The molecule has 5 heteroatoms. The first-order valence-corrected chi connectivity index (χ1v) is 9.36.